The summed E-state index contributed by atoms with van der Waals surface area (Å²) >= 11 is 1.09. The zero-order valence-corrected chi connectivity index (χ0v) is 21.9. The number of rotatable bonds is 9. The van der Waals surface area contributed by atoms with Crippen molar-refractivity contribution in [3.05, 3.63) is 53.6 Å². The summed E-state index contributed by atoms with van der Waals surface area (Å²) in [7, 11) is -3.60. The number of hydrogen-bond donors (Lipinski definition) is 0. The van der Waals surface area contributed by atoms with Crippen molar-refractivity contribution in [2.75, 3.05) is 26.2 Å². The van der Waals surface area contributed by atoms with E-state index in [0.717, 1.165) is 30.2 Å². The molecule has 1 amide bonds. The molecule has 1 aromatic heterocycles. The number of piperidine rings is 1. The molecule has 2 heterocycles. The number of likely N-dealkylation sites (tertiary alicyclic amines) is 1. The number of carbonyl (C=O) groups excluding carboxylic acids is 1. The van der Waals surface area contributed by atoms with Crippen molar-refractivity contribution in [1.82, 2.24) is 14.2 Å². The fourth-order valence-corrected chi connectivity index (χ4v) is 6.80. The molecule has 0 N–H and O–H groups in total. The van der Waals surface area contributed by atoms with Crippen LogP contribution in [0.25, 0.3) is 10.2 Å². The fraction of sp³-hybridized carbons (Fsp3) is 0.440. The molecule has 7 nitrogen and oxygen atoms in total. The molecule has 0 bridgehead atoms. The Balaban J connectivity index is 1.36. The molecule has 1 saturated heterocycles. The highest BCUT2D eigenvalue weighted by molar-refractivity contribution is 7.89. The average molecular weight is 538 g/mol. The van der Waals surface area contributed by atoms with E-state index < -0.39 is 21.7 Å². The van der Waals surface area contributed by atoms with E-state index in [-0.39, 0.29) is 27.6 Å². The summed E-state index contributed by atoms with van der Waals surface area (Å²) in [5.41, 5.74) is 0.511. The lowest BCUT2D eigenvalue weighted by molar-refractivity contribution is 0.0595. The molecule has 0 spiro atoms. The lowest BCUT2D eigenvalue weighted by Gasteiger charge is -2.31. The molecule has 4 rings (SSSR count). The standard InChI is InChI=1S/C25H29F2N3O4S2/c1-3-11-30(12-4-2)36(32,33)20-7-5-17(6-8-20)24(31)29-13-9-19(10-14-29)34-25-28-23-21(27)15-18(26)16-22(23)35-25/h5-8,15-16,19H,3-4,9-14H2,1-2H3. The second-order valence-electron chi connectivity index (χ2n) is 8.75. The van der Waals surface area contributed by atoms with Crippen LogP contribution >= 0.6 is 11.3 Å². The van der Waals surface area contributed by atoms with Gasteiger partial charge in [0, 0.05) is 50.7 Å². The molecule has 36 heavy (non-hydrogen) atoms. The van der Waals surface area contributed by atoms with Crippen molar-refractivity contribution < 1.29 is 26.7 Å². The number of hydrogen-bond acceptors (Lipinski definition) is 6. The van der Waals surface area contributed by atoms with E-state index in [0.29, 0.717) is 49.3 Å². The van der Waals surface area contributed by atoms with Gasteiger partial charge in [-0.2, -0.15) is 9.29 Å². The Morgan fingerprint density at radius 2 is 1.75 bits per heavy atom. The van der Waals surface area contributed by atoms with Gasteiger partial charge in [-0.3, -0.25) is 4.79 Å². The van der Waals surface area contributed by atoms with Crippen LogP contribution in [0.15, 0.2) is 41.3 Å². The molecule has 0 radical (unpaired) electrons. The Bertz CT molecular complexity index is 1320. The van der Waals surface area contributed by atoms with Crippen LogP contribution in [0, 0.1) is 11.6 Å². The predicted octanol–water partition coefficient (Wildman–Crippen LogP) is 5.07. The molecule has 0 saturated carbocycles. The fourth-order valence-electron chi connectivity index (χ4n) is 4.26. The molecule has 1 aliphatic heterocycles. The van der Waals surface area contributed by atoms with Crippen LogP contribution in [0.1, 0.15) is 49.9 Å². The largest absolute Gasteiger partial charge is 0.467 e. The summed E-state index contributed by atoms with van der Waals surface area (Å²) in [6.45, 7) is 5.70. The van der Waals surface area contributed by atoms with Crippen molar-refractivity contribution in [2.24, 2.45) is 0 Å². The number of nitrogens with zero attached hydrogens (tertiary/aromatic N) is 3. The first-order valence-corrected chi connectivity index (χ1v) is 14.3. The topological polar surface area (TPSA) is 79.8 Å². The summed E-state index contributed by atoms with van der Waals surface area (Å²) in [6.07, 6.45) is 2.38. The zero-order chi connectivity index (χ0) is 25.9. The molecule has 11 heteroatoms. The Hall–Kier alpha value is -2.63. The van der Waals surface area contributed by atoms with E-state index in [1.165, 1.54) is 22.5 Å². The van der Waals surface area contributed by atoms with Gasteiger partial charge in [0.25, 0.3) is 11.1 Å². The number of sulfonamides is 1. The molecule has 194 valence electrons. The maximum Gasteiger partial charge on any atom is 0.274 e. The number of aromatic nitrogens is 1. The van der Waals surface area contributed by atoms with Crippen LogP contribution in [-0.2, 0) is 10.0 Å². The van der Waals surface area contributed by atoms with Gasteiger partial charge in [0.2, 0.25) is 10.0 Å². The summed E-state index contributed by atoms with van der Waals surface area (Å²) < 4.78 is 61.0. The minimum atomic E-state index is -3.60. The van der Waals surface area contributed by atoms with E-state index in [1.54, 1.807) is 17.0 Å². The maximum absolute atomic E-state index is 13.9. The number of fused-ring (bicyclic) bond motifs is 1. The molecule has 0 unspecified atom stereocenters. The van der Waals surface area contributed by atoms with Crippen LogP contribution < -0.4 is 4.74 Å². The van der Waals surface area contributed by atoms with Gasteiger partial charge >= 0.3 is 0 Å². The van der Waals surface area contributed by atoms with Crippen molar-refractivity contribution in [3.63, 3.8) is 0 Å². The molecule has 1 aliphatic rings. The first-order valence-electron chi connectivity index (χ1n) is 12.0. The van der Waals surface area contributed by atoms with E-state index in [9.17, 15) is 22.0 Å². The number of halogens is 2. The normalized spacial score (nSPS) is 15.1. The van der Waals surface area contributed by atoms with Gasteiger partial charge in [-0.25, -0.2) is 17.2 Å². The molecule has 0 aliphatic carbocycles. The summed E-state index contributed by atoms with van der Waals surface area (Å²) in [5.74, 6) is -1.56. The van der Waals surface area contributed by atoms with Crippen LogP contribution in [0.2, 0.25) is 0 Å². The van der Waals surface area contributed by atoms with Gasteiger partial charge < -0.3 is 9.64 Å². The van der Waals surface area contributed by atoms with Gasteiger partial charge in [0.15, 0.2) is 5.82 Å². The molecule has 3 aromatic rings. The third kappa shape index (κ3) is 5.68. The van der Waals surface area contributed by atoms with Gasteiger partial charge in [0.1, 0.15) is 17.4 Å². The van der Waals surface area contributed by atoms with E-state index in [2.05, 4.69) is 4.98 Å². The van der Waals surface area contributed by atoms with E-state index in [1.807, 2.05) is 13.8 Å². The summed E-state index contributed by atoms with van der Waals surface area (Å²) in [6, 6.07) is 8.12. The smallest absolute Gasteiger partial charge is 0.274 e. The minimum Gasteiger partial charge on any atom is -0.467 e. The van der Waals surface area contributed by atoms with Crippen molar-refractivity contribution in [1.29, 1.82) is 0 Å². The first kappa shape index (κ1) is 26.4. The van der Waals surface area contributed by atoms with Crippen molar-refractivity contribution in [2.45, 2.75) is 50.5 Å². The number of thiazole rings is 1. The summed E-state index contributed by atoms with van der Waals surface area (Å²) in [5, 5.41) is 0.274. The number of carbonyl (C=O) groups is 1. The Kier molecular flexibility index (Phi) is 8.21. The molecule has 2 aromatic carbocycles. The third-order valence-corrected chi connectivity index (χ3v) is 8.88. The Morgan fingerprint density at radius 1 is 1.11 bits per heavy atom. The lowest BCUT2D eigenvalue weighted by atomic mass is 10.1. The molecular weight excluding hydrogens is 508 g/mol. The van der Waals surface area contributed by atoms with E-state index >= 15 is 0 Å². The van der Waals surface area contributed by atoms with Crippen LogP contribution in [-0.4, -0.2) is 60.8 Å². The predicted molar refractivity (Wildman–Crippen MR) is 135 cm³/mol. The van der Waals surface area contributed by atoms with Gasteiger partial charge in [-0.05, 0) is 43.2 Å². The molecule has 1 fully saturated rings. The Labute approximate surface area is 213 Å². The quantitative estimate of drug-likeness (QED) is 0.381. The monoisotopic (exact) mass is 537 g/mol. The number of ether oxygens (including phenoxy) is 1. The van der Waals surface area contributed by atoms with Gasteiger partial charge in [0.05, 0.1) is 9.60 Å². The SMILES string of the molecule is CCCN(CCC)S(=O)(=O)c1ccc(C(=O)N2CCC(Oc3nc4c(F)cc(F)cc4s3)CC2)cc1. The zero-order valence-electron chi connectivity index (χ0n) is 20.2. The third-order valence-electron chi connectivity index (χ3n) is 6.08. The first-order chi connectivity index (χ1) is 17.2. The van der Waals surface area contributed by atoms with Crippen LogP contribution in [0.4, 0.5) is 8.78 Å². The number of amides is 1. The highest BCUT2D eigenvalue weighted by Crippen LogP contribution is 2.32. The van der Waals surface area contributed by atoms with Gasteiger partial charge in [-0.15, -0.1) is 0 Å². The second-order valence-corrected chi connectivity index (χ2v) is 11.7. The lowest BCUT2D eigenvalue weighted by Crippen LogP contribution is -2.41. The molecule has 0 atom stereocenters. The minimum absolute atomic E-state index is 0.0852. The highest BCUT2D eigenvalue weighted by atomic mass is 32.2. The van der Waals surface area contributed by atoms with Crippen LogP contribution in [0.5, 0.6) is 5.19 Å². The average Bonchev–Trinajstić information content (AvgIpc) is 3.26. The second kappa shape index (κ2) is 11.2. The van der Waals surface area contributed by atoms with Crippen LogP contribution in [0.3, 0.4) is 0 Å². The maximum atomic E-state index is 13.9. The number of benzene rings is 2. The molecular formula is C25H29F2N3O4S2. The Morgan fingerprint density at radius 3 is 2.36 bits per heavy atom. The summed E-state index contributed by atoms with van der Waals surface area (Å²) in [4.78, 5) is 19.0. The van der Waals surface area contributed by atoms with Crippen molar-refractivity contribution in [3.8, 4) is 5.19 Å². The van der Waals surface area contributed by atoms with E-state index in [4.69, 9.17) is 4.74 Å². The van der Waals surface area contributed by atoms with Crippen molar-refractivity contribution >= 4 is 37.5 Å². The highest BCUT2D eigenvalue weighted by Gasteiger charge is 2.27. The van der Waals surface area contributed by atoms with Gasteiger partial charge in [-0.1, -0.05) is 25.2 Å².